The molecule has 0 saturated carbocycles. The van der Waals surface area contributed by atoms with Crippen LogP contribution in [0.3, 0.4) is 0 Å². The van der Waals surface area contributed by atoms with Gasteiger partial charge in [0.2, 0.25) is 5.91 Å². The summed E-state index contributed by atoms with van der Waals surface area (Å²) in [4.78, 5) is 24.0. The minimum Gasteiger partial charge on any atom is -0.508 e. The number of anilines is 1. The molecular formula is C21H15F3N2O4. The number of aromatic hydroxyl groups is 1. The Morgan fingerprint density at radius 1 is 1.13 bits per heavy atom. The van der Waals surface area contributed by atoms with E-state index in [-0.39, 0.29) is 29.1 Å². The molecule has 1 atom stereocenters. The average molecular weight is 416 g/mol. The first-order chi connectivity index (χ1) is 14.1. The van der Waals surface area contributed by atoms with E-state index in [1.165, 1.54) is 35.0 Å². The van der Waals surface area contributed by atoms with Crippen molar-refractivity contribution in [3.8, 4) is 11.4 Å². The highest BCUT2D eigenvalue weighted by Crippen LogP contribution is 2.42. The van der Waals surface area contributed by atoms with Crippen LogP contribution >= 0.6 is 0 Å². The molecule has 1 aliphatic rings. The largest absolute Gasteiger partial charge is 0.508 e. The summed E-state index contributed by atoms with van der Waals surface area (Å²) in [7, 11) is 0. The van der Waals surface area contributed by atoms with Gasteiger partial charge in [0.05, 0.1) is 16.9 Å². The van der Waals surface area contributed by atoms with Gasteiger partial charge in [-0.1, -0.05) is 18.2 Å². The fourth-order valence-electron chi connectivity index (χ4n) is 3.66. The highest BCUT2D eigenvalue weighted by Gasteiger charge is 2.35. The van der Waals surface area contributed by atoms with Crippen molar-refractivity contribution in [2.24, 2.45) is 0 Å². The van der Waals surface area contributed by atoms with Crippen molar-refractivity contribution < 1.29 is 33.0 Å². The van der Waals surface area contributed by atoms with Crippen LogP contribution in [0.2, 0.25) is 0 Å². The highest BCUT2D eigenvalue weighted by molar-refractivity contribution is 6.04. The predicted molar refractivity (Wildman–Crippen MR) is 101 cm³/mol. The predicted octanol–water partition coefficient (Wildman–Crippen LogP) is 4.37. The lowest BCUT2D eigenvalue weighted by atomic mass is 9.88. The van der Waals surface area contributed by atoms with E-state index >= 15 is 0 Å². The quantitative estimate of drug-likeness (QED) is 0.591. The number of hydrogen-bond donors (Lipinski definition) is 3. The summed E-state index contributed by atoms with van der Waals surface area (Å²) in [6.45, 7) is 0. The number of halogens is 3. The fourth-order valence-corrected chi connectivity index (χ4v) is 3.66. The molecular weight excluding hydrogens is 401 g/mol. The first kappa shape index (κ1) is 19.6. The van der Waals surface area contributed by atoms with Crippen molar-refractivity contribution in [1.82, 2.24) is 4.57 Å². The van der Waals surface area contributed by atoms with Crippen LogP contribution in [0.5, 0.6) is 5.75 Å². The van der Waals surface area contributed by atoms with Crippen molar-refractivity contribution in [2.75, 3.05) is 5.32 Å². The molecule has 6 nitrogen and oxygen atoms in total. The lowest BCUT2D eigenvalue weighted by molar-refractivity contribution is -0.137. The van der Waals surface area contributed by atoms with Gasteiger partial charge in [-0.15, -0.1) is 0 Å². The molecule has 0 unspecified atom stereocenters. The van der Waals surface area contributed by atoms with E-state index in [2.05, 4.69) is 5.32 Å². The number of nitrogens with zero attached hydrogens (tertiary/aromatic N) is 1. The van der Waals surface area contributed by atoms with Gasteiger partial charge in [-0.3, -0.25) is 4.79 Å². The Morgan fingerprint density at radius 2 is 1.83 bits per heavy atom. The number of fused-ring (bicyclic) bond motifs is 1. The van der Waals surface area contributed by atoms with Crippen LogP contribution in [0.1, 0.15) is 39.5 Å². The molecule has 3 N–H and O–H groups in total. The highest BCUT2D eigenvalue weighted by atomic mass is 19.4. The molecule has 9 heteroatoms. The number of aromatic nitrogens is 1. The number of benzene rings is 2. The van der Waals surface area contributed by atoms with Crippen LogP contribution < -0.4 is 5.32 Å². The monoisotopic (exact) mass is 416 g/mol. The molecule has 2 aromatic carbocycles. The third kappa shape index (κ3) is 3.38. The molecule has 1 amide bonds. The topological polar surface area (TPSA) is 91.6 Å². The molecule has 0 saturated heterocycles. The second-order valence-corrected chi connectivity index (χ2v) is 6.92. The van der Waals surface area contributed by atoms with Gasteiger partial charge >= 0.3 is 12.1 Å². The number of alkyl halides is 3. The maximum Gasteiger partial charge on any atom is 0.416 e. The molecule has 154 valence electrons. The number of carbonyl (C=O) groups is 2. The van der Waals surface area contributed by atoms with Gasteiger partial charge in [-0.25, -0.2) is 4.79 Å². The molecule has 0 aliphatic carbocycles. The van der Waals surface area contributed by atoms with E-state index in [4.69, 9.17) is 0 Å². The third-order valence-electron chi connectivity index (χ3n) is 5.00. The molecule has 0 bridgehead atoms. The van der Waals surface area contributed by atoms with Gasteiger partial charge in [0.15, 0.2) is 0 Å². The molecule has 1 aromatic heterocycles. The Bertz CT molecular complexity index is 1150. The maximum absolute atomic E-state index is 13.2. The van der Waals surface area contributed by atoms with Crippen molar-refractivity contribution >= 4 is 17.6 Å². The van der Waals surface area contributed by atoms with E-state index in [1.807, 2.05) is 0 Å². The Morgan fingerprint density at radius 3 is 2.47 bits per heavy atom. The van der Waals surface area contributed by atoms with Gasteiger partial charge < -0.3 is 20.1 Å². The van der Waals surface area contributed by atoms with Gasteiger partial charge in [0, 0.05) is 24.2 Å². The van der Waals surface area contributed by atoms with Crippen molar-refractivity contribution in [2.45, 2.75) is 18.5 Å². The van der Waals surface area contributed by atoms with Crippen molar-refractivity contribution in [1.29, 1.82) is 0 Å². The molecule has 30 heavy (non-hydrogen) atoms. The van der Waals surface area contributed by atoms with Crippen LogP contribution in [0.4, 0.5) is 18.9 Å². The number of rotatable bonds is 3. The number of phenolic OH excluding ortho intramolecular Hbond substituents is 1. The average Bonchev–Trinajstić information content (AvgIpc) is 3.07. The summed E-state index contributed by atoms with van der Waals surface area (Å²) >= 11 is 0. The molecule has 0 fully saturated rings. The van der Waals surface area contributed by atoms with Gasteiger partial charge in [0.25, 0.3) is 0 Å². The number of aromatic carboxylic acids is 1. The van der Waals surface area contributed by atoms with E-state index in [0.717, 1.165) is 12.1 Å². The lowest BCUT2D eigenvalue weighted by Gasteiger charge is -2.26. The number of amides is 1. The smallest absolute Gasteiger partial charge is 0.416 e. The summed E-state index contributed by atoms with van der Waals surface area (Å²) in [5.41, 5.74) is 0.0477. The van der Waals surface area contributed by atoms with Crippen LogP contribution in [-0.2, 0) is 11.0 Å². The molecule has 0 spiro atoms. The van der Waals surface area contributed by atoms with E-state index < -0.39 is 29.5 Å². The number of carbonyl (C=O) groups excluding carboxylic acids is 1. The Kier molecular flexibility index (Phi) is 4.53. The molecule has 4 rings (SSSR count). The zero-order valence-electron chi connectivity index (χ0n) is 15.3. The summed E-state index contributed by atoms with van der Waals surface area (Å²) in [6, 6.07) is 10.6. The maximum atomic E-state index is 13.2. The van der Waals surface area contributed by atoms with Crippen LogP contribution in [0.15, 0.2) is 54.7 Å². The summed E-state index contributed by atoms with van der Waals surface area (Å²) < 4.78 is 41.0. The summed E-state index contributed by atoms with van der Waals surface area (Å²) in [6.07, 6.45) is -3.38. The lowest BCUT2D eigenvalue weighted by Crippen LogP contribution is -2.25. The molecule has 0 radical (unpaired) electrons. The number of carboxylic acids is 1. The number of nitrogens with one attached hydrogen (secondary N) is 1. The van der Waals surface area contributed by atoms with Crippen molar-refractivity contribution in [3.63, 3.8) is 0 Å². The minimum atomic E-state index is -4.57. The SMILES string of the molecule is O=C1C[C@H](c2ccc(O)cc2)c2c(c(C(=O)O)cn2-c2cccc(C(F)(F)F)c2)N1. The zero-order chi connectivity index (χ0) is 21.6. The standard InChI is InChI=1S/C21H15F3N2O4/c22-21(23,24)12-2-1-3-13(8-12)26-10-16(20(29)30)18-19(26)15(9-17(28)25-18)11-4-6-14(27)7-5-11/h1-8,10,15,27H,9H2,(H,25,28)(H,29,30)/t15-/m1/s1. The summed E-state index contributed by atoms with van der Waals surface area (Å²) in [5, 5.41) is 21.7. The number of carboxylic acid groups (broad SMARTS) is 1. The first-order valence-electron chi connectivity index (χ1n) is 8.90. The molecule has 1 aliphatic heterocycles. The first-order valence-corrected chi connectivity index (χ1v) is 8.90. The normalized spacial score (nSPS) is 16.1. The minimum absolute atomic E-state index is 0.0127. The van der Waals surface area contributed by atoms with Gasteiger partial charge in [-0.2, -0.15) is 13.2 Å². The molecule has 2 heterocycles. The Hall–Kier alpha value is -3.75. The van der Waals surface area contributed by atoms with Crippen LogP contribution in [-0.4, -0.2) is 26.7 Å². The zero-order valence-corrected chi connectivity index (χ0v) is 15.3. The second kappa shape index (κ2) is 6.94. The van der Waals surface area contributed by atoms with Crippen LogP contribution in [0.25, 0.3) is 5.69 Å². The Labute approximate surface area is 168 Å². The second-order valence-electron chi connectivity index (χ2n) is 6.92. The third-order valence-corrected chi connectivity index (χ3v) is 5.00. The summed E-state index contributed by atoms with van der Waals surface area (Å²) in [5.74, 6) is -2.33. The van der Waals surface area contributed by atoms with E-state index in [0.29, 0.717) is 11.3 Å². The fraction of sp³-hybridized carbons (Fsp3) is 0.143. The van der Waals surface area contributed by atoms with Crippen LogP contribution in [0, 0.1) is 0 Å². The van der Waals surface area contributed by atoms with Gasteiger partial charge in [-0.05, 0) is 35.9 Å². The molecule has 3 aromatic rings. The Balaban J connectivity index is 1.95. The van der Waals surface area contributed by atoms with E-state index in [9.17, 15) is 33.0 Å². The van der Waals surface area contributed by atoms with E-state index in [1.54, 1.807) is 12.1 Å². The number of hydrogen-bond acceptors (Lipinski definition) is 3. The number of phenols is 1. The van der Waals surface area contributed by atoms with Gasteiger partial charge in [0.1, 0.15) is 11.3 Å². The van der Waals surface area contributed by atoms with Crippen molar-refractivity contribution in [3.05, 3.63) is 77.1 Å².